The van der Waals surface area contributed by atoms with Crippen molar-refractivity contribution in [3.8, 4) is 0 Å². The molecule has 8 nitrogen and oxygen atoms in total. The maximum atomic E-state index is 10.5. The van der Waals surface area contributed by atoms with Gasteiger partial charge in [-0.1, -0.05) is 0 Å². The number of hydrogen-bond donors (Lipinski definition) is 6. The Morgan fingerprint density at radius 3 is 2.17 bits per heavy atom. The molecule has 0 aromatic heterocycles. The summed E-state index contributed by atoms with van der Waals surface area (Å²) in [6.07, 6.45) is -6.61. The van der Waals surface area contributed by atoms with Gasteiger partial charge in [-0.2, -0.15) is 0 Å². The fourth-order valence-electron chi connectivity index (χ4n) is 4.76. The molecule has 3 fully saturated rings. The van der Waals surface area contributed by atoms with Gasteiger partial charge in [0.05, 0.1) is 23.9 Å². The largest absolute Gasteiger partial charge is 0.394 e. The predicted molar refractivity (Wildman–Crippen MR) is 80.7 cm³/mol. The maximum absolute atomic E-state index is 10.5. The van der Waals surface area contributed by atoms with Crippen LogP contribution in [0.25, 0.3) is 0 Å². The van der Waals surface area contributed by atoms with Gasteiger partial charge in [-0.25, -0.2) is 0 Å². The van der Waals surface area contributed by atoms with E-state index in [0.29, 0.717) is 6.42 Å². The summed E-state index contributed by atoms with van der Waals surface area (Å²) < 4.78 is 11.3. The molecule has 1 saturated heterocycles. The lowest BCUT2D eigenvalue weighted by Gasteiger charge is -2.43. The molecule has 140 valence electrons. The third-order valence-electron chi connectivity index (χ3n) is 6.31. The fraction of sp³-hybridized carbons (Fsp3) is 1.00. The summed E-state index contributed by atoms with van der Waals surface area (Å²) in [6, 6.07) is 0. The molecule has 1 aliphatic heterocycles. The van der Waals surface area contributed by atoms with Crippen molar-refractivity contribution < 1.29 is 40.1 Å². The summed E-state index contributed by atoms with van der Waals surface area (Å²) in [4.78, 5) is 0. The van der Waals surface area contributed by atoms with Crippen LogP contribution < -0.4 is 0 Å². The zero-order valence-electron chi connectivity index (χ0n) is 14.2. The Bertz CT molecular complexity index is 491. The Morgan fingerprint density at radius 2 is 1.71 bits per heavy atom. The lowest BCUT2D eigenvalue weighted by Crippen LogP contribution is -2.60. The topological polar surface area (TPSA) is 140 Å². The first-order valence-electron chi connectivity index (χ1n) is 8.37. The molecule has 3 aliphatic rings. The second kappa shape index (κ2) is 5.59. The highest BCUT2D eigenvalue weighted by Gasteiger charge is 2.77. The van der Waals surface area contributed by atoms with E-state index in [1.165, 1.54) is 0 Å². The summed E-state index contributed by atoms with van der Waals surface area (Å²) in [5.74, 6) is -0.118. The summed E-state index contributed by atoms with van der Waals surface area (Å²) in [7, 11) is 0. The third-order valence-corrected chi connectivity index (χ3v) is 6.31. The van der Waals surface area contributed by atoms with Crippen LogP contribution in [0.15, 0.2) is 0 Å². The first-order valence-corrected chi connectivity index (χ1v) is 8.37. The summed E-state index contributed by atoms with van der Waals surface area (Å²) in [6.45, 7) is 4.58. The molecule has 0 unspecified atom stereocenters. The molecule has 0 amide bonds. The first-order chi connectivity index (χ1) is 11.0. The highest BCUT2D eigenvalue weighted by molar-refractivity contribution is 5.26. The number of ether oxygens (including phenoxy) is 2. The monoisotopic (exact) mass is 348 g/mol. The zero-order valence-corrected chi connectivity index (χ0v) is 14.2. The highest BCUT2D eigenvalue weighted by Crippen LogP contribution is 2.72. The van der Waals surface area contributed by atoms with E-state index in [9.17, 15) is 30.6 Å². The van der Waals surface area contributed by atoms with Crippen LogP contribution in [0.5, 0.6) is 0 Å². The molecule has 24 heavy (non-hydrogen) atoms. The third kappa shape index (κ3) is 2.44. The van der Waals surface area contributed by atoms with E-state index in [2.05, 4.69) is 0 Å². The van der Waals surface area contributed by atoms with Gasteiger partial charge < -0.3 is 40.1 Å². The van der Waals surface area contributed by atoms with Crippen molar-refractivity contribution >= 4 is 0 Å². The van der Waals surface area contributed by atoms with Crippen LogP contribution >= 0.6 is 0 Å². The van der Waals surface area contributed by atoms with Crippen molar-refractivity contribution in [2.75, 3.05) is 6.61 Å². The van der Waals surface area contributed by atoms with Crippen LogP contribution in [0.1, 0.15) is 33.6 Å². The molecule has 1 heterocycles. The van der Waals surface area contributed by atoms with E-state index in [4.69, 9.17) is 9.47 Å². The molecule has 0 radical (unpaired) electrons. The van der Waals surface area contributed by atoms with Gasteiger partial charge in [0, 0.05) is 11.8 Å². The van der Waals surface area contributed by atoms with Crippen LogP contribution in [-0.2, 0) is 9.47 Å². The Labute approximate surface area is 140 Å². The van der Waals surface area contributed by atoms with Gasteiger partial charge >= 0.3 is 0 Å². The van der Waals surface area contributed by atoms with Gasteiger partial charge in [0.15, 0.2) is 6.29 Å². The molecule has 2 saturated carbocycles. The van der Waals surface area contributed by atoms with E-state index < -0.39 is 60.0 Å². The molecule has 0 aromatic carbocycles. The minimum absolute atomic E-state index is 0.118. The Morgan fingerprint density at radius 1 is 1.08 bits per heavy atom. The molecular formula is C16H28O8. The molecule has 0 aromatic rings. The number of aliphatic hydroxyl groups is 6. The predicted octanol–water partition coefficient (Wildman–Crippen LogP) is -1.90. The van der Waals surface area contributed by atoms with Crippen molar-refractivity contribution in [3.05, 3.63) is 0 Å². The van der Waals surface area contributed by atoms with E-state index in [-0.39, 0.29) is 12.3 Å². The second-order valence-corrected chi connectivity index (χ2v) is 8.20. The van der Waals surface area contributed by atoms with Gasteiger partial charge in [0.25, 0.3) is 0 Å². The lowest BCUT2D eigenvalue weighted by atomic mass is 9.83. The first kappa shape index (κ1) is 18.5. The minimum atomic E-state index is -1.51. The van der Waals surface area contributed by atoms with Crippen molar-refractivity contribution in [3.63, 3.8) is 0 Å². The summed E-state index contributed by atoms with van der Waals surface area (Å²) in [5, 5.41) is 60.0. The van der Waals surface area contributed by atoms with Gasteiger partial charge in [0.2, 0.25) is 0 Å². The average Bonchev–Trinajstić information content (AvgIpc) is 3.21. The van der Waals surface area contributed by atoms with Gasteiger partial charge in [-0.15, -0.1) is 0 Å². The SMILES string of the molecule is CC(C)(O)[C@@]12C[C@@H]1[C@@](C)(O[C@@H]1O[C@H](CO)[C@@H](O)[C@H](O)[C@H]1O)C[C@@H]2O. The molecule has 2 aliphatic carbocycles. The number of rotatable bonds is 4. The van der Waals surface area contributed by atoms with E-state index in [1.54, 1.807) is 20.8 Å². The van der Waals surface area contributed by atoms with Crippen LogP contribution in [0.4, 0.5) is 0 Å². The quantitative estimate of drug-likeness (QED) is 0.346. The smallest absolute Gasteiger partial charge is 0.187 e. The van der Waals surface area contributed by atoms with Crippen molar-refractivity contribution in [1.82, 2.24) is 0 Å². The minimum Gasteiger partial charge on any atom is -0.394 e. The molecule has 0 bridgehead atoms. The number of aliphatic hydroxyl groups excluding tert-OH is 5. The molecule has 8 heteroatoms. The summed E-state index contributed by atoms with van der Waals surface area (Å²) >= 11 is 0. The van der Waals surface area contributed by atoms with E-state index >= 15 is 0 Å². The molecule has 6 N–H and O–H groups in total. The second-order valence-electron chi connectivity index (χ2n) is 8.20. The van der Waals surface area contributed by atoms with Gasteiger partial charge in [0.1, 0.15) is 24.4 Å². The molecule has 9 atom stereocenters. The standard InChI is InChI=1S/C16H28O8/c1-14(2,22)16-4-8(16)15(3,5-9(16)18)24-13-12(21)11(20)10(19)7(6-17)23-13/h7-13,17-22H,4-6H2,1-3H3/t7-,8-,9+,10-,11+,12-,13+,15+,16+/m1/s1. The van der Waals surface area contributed by atoms with E-state index in [0.717, 1.165) is 0 Å². The van der Waals surface area contributed by atoms with Crippen LogP contribution in [-0.4, -0.2) is 85.3 Å². The fourth-order valence-corrected chi connectivity index (χ4v) is 4.76. The van der Waals surface area contributed by atoms with Crippen LogP contribution in [0.3, 0.4) is 0 Å². The highest BCUT2D eigenvalue weighted by atomic mass is 16.7. The molecule has 0 spiro atoms. The van der Waals surface area contributed by atoms with Crippen molar-refractivity contribution in [1.29, 1.82) is 0 Å². The Balaban J connectivity index is 1.77. The average molecular weight is 348 g/mol. The summed E-state index contributed by atoms with van der Waals surface area (Å²) in [5.41, 5.74) is -2.59. The Hall–Kier alpha value is -0.320. The molecule has 3 rings (SSSR count). The van der Waals surface area contributed by atoms with Crippen molar-refractivity contribution in [2.24, 2.45) is 11.3 Å². The Kier molecular flexibility index (Phi) is 4.30. The normalized spacial score (nSPS) is 54.6. The van der Waals surface area contributed by atoms with Crippen molar-refractivity contribution in [2.45, 2.75) is 81.6 Å². The number of hydrogen-bond acceptors (Lipinski definition) is 8. The van der Waals surface area contributed by atoms with E-state index in [1.807, 2.05) is 0 Å². The van der Waals surface area contributed by atoms with Gasteiger partial charge in [-0.05, 0) is 33.1 Å². The zero-order chi connectivity index (χ0) is 18.1. The lowest BCUT2D eigenvalue weighted by molar-refractivity contribution is -0.327. The van der Waals surface area contributed by atoms with Crippen LogP contribution in [0, 0.1) is 11.3 Å². The number of fused-ring (bicyclic) bond motifs is 1. The molecular weight excluding hydrogens is 320 g/mol. The van der Waals surface area contributed by atoms with Gasteiger partial charge in [-0.3, -0.25) is 0 Å². The van der Waals surface area contributed by atoms with Crippen LogP contribution in [0.2, 0.25) is 0 Å². The maximum Gasteiger partial charge on any atom is 0.187 e.